The zero-order chi connectivity index (χ0) is 18.7. The van der Waals surface area contributed by atoms with Gasteiger partial charge in [0, 0.05) is 25.0 Å². The van der Waals surface area contributed by atoms with Gasteiger partial charge in [0.1, 0.15) is 6.54 Å². The van der Waals surface area contributed by atoms with E-state index in [-0.39, 0.29) is 35.9 Å². The van der Waals surface area contributed by atoms with Crippen LogP contribution >= 0.6 is 0 Å². The summed E-state index contributed by atoms with van der Waals surface area (Å²) in [5.41, 5.74) is 0.404. The average molecular weight is 356 g/mol. The minimum atomic E-state index is -0.217. The van der Waals surface area contributed by atoms with E-state index >= 15 is 0 Å². The Labute approximate surface area is 152 Å². The summed E-state index contributed by atoms with van der Waals surface area (Å²) in [4.78, 5) is 43.0. The van der Waals surface area contributed by atoms with Crippen molar-refractivity contribution >= 4 is 22.7 Å². The van der Waals surface area contributed by atoms with Gasteiger partial charge in [0.2, 0.25) is 11.8 Å². The molecule has 0 unspecified atom stereocenters. The normalized spacial score (nSPS) is 17.5. The summed E-state index contributed by atoms with van der Waals surface area (Å²) in [5, 5.41) is 3.49. The predicted octanol–water partition coefficient (Wildman–Crippen LogP) is 1.16. The van der Waals surface area contributed by atoms with Crippen molar-refractivity contribution in [1.29, 1.82) is 0 Å². The van der Waals surface area contributed by atoms with Gasteiger partial charge in [0.15, 0.2) is 0 Å². The van der Waals surface area contributed by atoms with Crippen LogP contribution < -0.4 is 10.9 Å². The number of nitrogens with one attached hydrogen (secondary N) is 1. The lowest BCUT2D eigenvalue weighted by molar-refractivity contribution is -0.134. The van der Waals surface area contributed by atoms with E-state index in [0.717, 1.165) is 12.8 Å². The number of nitrogens with zero attached hydrogens (tertiary/aromatic N) is 3. The number of carbonyl (C=O) groups excluding carboxylic acids is 2. The van der Waals surface area contributed by atoms with E-state index in [1.165, 1.54) is 10.9 Å². The summed E-state index contributed by atoms with van der Waals surface area (Å²) < 4.78 is 1.35. The van der Waals surface area contributed by atoms with Crippen LogP contribution in [0.1, 0.15) is 26.7 Å². The summed E-state index contributed by atoms with van der Waals surface area (Å²) >= 11 is 0. The monoisotopic (exact) mass is 356 g/mol. The molecule has 3 rings (SSSR count). The molecule has 1 fully saturated rings. The average Bonchev–Trinajstić information content (AvgIpc) is 2.64. The largest absolute Gasteiger partial charge is 0.351 e. The smallest absolute Gasteiger partial charge is 0.261 e. The zero-order valence-electron chi connectivity index (χ0n) is 15.1. The molecule has 1 atom stereocenters. The van der Waals surface area contributed by atoms with Crippen molar-refractivity contribution in [3.8, 4) is 0 Å². The van der Waals surface area contributed by atoms with Crippen molar-refractivity contribution in [3.63, 3.8) is 0 Å². The standard InChI is InChI=1S/C19H24N4O3/c1-13(2)18(25)21-14-6-5-9-22(10-14)17(24)11-23-12-20-16-8-4-3-7-15(16)19(23)26/h3-4,7-8,12-14H,5-6,9-11H2,1-2H3,(H,21,25)/t14-/m0/s1. The van der Waals surface area contributed by atoms with E-state index in [9.17, 15) is 14.4 Å². The molecule has 7 nitrogen and oxygen atoms in total. The highest BCUT2D eigenvalue weighted by molar-refractivity contribution is 5.80. The van der Waals surface area contributed by atoms with Crippen LogP contribution in [0.2, 0.25) is 0 Å². The van der Waals surface area contributed by atoms with Crippen molar-refractivity contribution < 1.29 is 9.59 Å². The van der Waals surface area contributed by atoms with Crippen molar-refractivity contribution in [2.75, 3.05) is 13.1 Å². The summed E-state index contributed by atoms with van der Waals surface area (Å²) in [5.74, 6) is -0.213. The summed E-state index contributed by atoms with van der Waals surface area (Å²) in [7, 11) is 0. The number of rotatable bonds is 4. The molecule has 1 saturated heterocycles. The van der Waals surface area contributed by atoms with E-state index in [1.54, 1.807) is 23.1 Å². The molecule has 138 valence electrons. The number of hydrogen-bond donors (Lipinski definition) is 1. The van der Waals surface area contributed by atoms with Gasteiger partial charge in [-0.15, -0.1) is 0 Å². The highest BCUT2D eigenvalue weighted by atomic mass is 16.2. The van der Waals surface area contributed by atoms with Gasteiger partial charge in [-0.05, 0) is 25.0 Å². The molecule has 0 spiro atoms. The van der Waals surface area contributed by atoms with Crippen LogP contribution in [0.5, 0.6) is 0 Å². The molecule has 1 aliphatic heterocycles. The van der Waals surface area contributed by atoms with Gasteiger partial charge in [-0.2, -0.15) is 0 Å². The molecule has 2 aromatic rings. The third-order valence-corrected chi connectivity index (χ3v) is 4.68. The first kappa shape index (κ1) is 18.1. The second-order valence-electron chi connectivity index (χ2n) is 7.04. The SMILES string of the molecule is CC(C)C(=O)N[C@H]1CCCN(C(=O)Cn2cnc3ccccc3c2=O)C1. The lowest BCUT2D eigenvalue weighted by Crippen LogP contribution is -2.51. The molecule has 26 heavy (non-hydrogen) atoms. The van der Waals surface area contributed by atoms with E-state index < -0.39 is 0 Å². The molecular weight excluding hydrogens is 332 g/mol. The van der Waals surface area contributed by atoms with Crippen LogP contribution in [0.15, 0.2) is 35.4 Å². The first-order chi connectivity index (χ1) is 12.5. The Hall–Kier alpha value is -2.70. The maximum atomic E-state index is 12.6. The molecule has 1 aromatic carbocycles. The van der Waals surface area contributed by atoms with E-state index in [2.05, 4.69) is 10.3 Å². The molecule has 1 aliphatic rings. The number of benzene rings is 1. The van der Waals surface area contributed by atoms with Gasteiger partial charge in [-0.3, -0.25) is 19.0 Å². The Kier molecular flexibility index (Phi) is 5.35. The summed E-state index contributed by atoms with van der Waals surface area (Å²) in [6.07, 6.45) is 3.11. The quantitative estimate of drug-likeness (QED) is 0.891. The molecule has 1 aromatic heterocycles. The maximum absolute atomic E-state index is 12.6. The van der Waals surface area contributed by atoms with Gasteiger partial charge in [0.05, 0.1) is 17.2 Å². The van der Waals surface area contributed by atoms with Gasteiger partial charge >= 0.3 is 0 Å². The number of carbonyl (C=O) groups is 2. The Morgan fingerprint density at radius 2 is 2.08 bits per heavy atom. The molecule has 1 N–H and O–H groups in total. The zero-order valence-corrected chi connectivity index (χ0v) is 15.1. The number of para-hydroxylation sites is 1. The van der Waals surface area contributed by atoms with Gasteiger partial charge in [0.25, 0.3) is 5.56 Å². The number of amides is 2. The van der Waals surface area contributed by atoms with Crippen molar-refractivity contribution in [2.45, 2.75) is 39.3 Å². The molecular formula is C19H24N4O3. The predicted molar refractivity (Wildman–Crippen MR) is 98.6 cm³/mol. The van der Waals surface area contributed by atoms with Gasteiger partial charge in [-0.25, -0.2) is 4.98 Å². The number of hydrogen-bond acceptors (Lipinski definition) is 4. The van der Waals surface area contributed by atoms with Crippen LogP contribution in [0.3, 0.4) is 0 Å². The Morgan fingerprint density at radius 3 is 2.85 bits per heavy atom. The fourth-order valence-corrected chi connectivity index (χ4v) is 3.15. The maximum Gasteiger partial charge on any atom is 0.261 e. The van der Waals surface area contributed by atoms with E-state index in [1.807, 2.05) is 19.9 Å². The number of likely N-dealkylation sites (tertiary alicyclic amines) is 1. The Balaban J connectivity index is 1.69. The summed E-state index contributed by atoms with van der Waals surface area (Å²) in [6.45, 7) is 4.78. The van der Waals surface area contributed by atoms with Crippen LogP contribution in [0.25, 0.3) is 10.9 Å². The fraction of sp³-hybridized carbons (Fsp3) is 0.474. The van der Waals surface area contributed by atoms with E-state index in [0.29, 0.717) is 24.0 Å². The first-order valence-electron chi connectivity index (χ1n) is 8.98. The first-order valence-corrected chi connectivity index (χ1v) is 8.98. The summed E-state index contributed by atoms with van der Waals surface area (Å²) in [6, 6.07) is 7.06. The molecule has 2 amide bonds. The van der Waals surface area contributed by atoms with E-state index in [4.69, 9.17) is 0 Å². The Morgan fingerprint density at radius 1 is 1.31 bits per heavy atom. The van der Waals surface area contributed by atoms with Crippen molar-refractivity contribution in [2.24, 2.45) is 5.92 Å². The number of aromatic nitrogens is 2. The lowest BCUT2D eigenvalue weighted by Gasteiger charge is -2.33. The molecule has 0 bridgehead atoms. The van der Waals surface area contributed by atoms with Crippen LogP contribution in [0, 0.1) is 5.92 Å². The van der Waals surface area contributed by atoms with Crippen LogP contribution in [-0.4, -0.2) is 45.4 Å². The third-order valence-electron chi connectivity index (χ3n) is 4.68. The lowest BCUT2D eigenvalue weighted by atomic mass is 10.0. The molecule has 0 saturated carbocycles. The second-order valence-corrected chi connectivity index (χ2v) is 7.04. The Bertz CT molecular complexity index is 874. The molecule has 2 heterocycles. The molecule has 0 radical (unpaired) electrons. The molecule has 7 heteroatoms. The van der Waals surface area contributed by atoms with Crippen LogP contribution in [0.4, 0.5) is 0 Å². The van der Waals surface area contributed by atoms with Crippen molar-refractivity contribution in [3.05, 3.63) is 40.9 Å². The second kappa shape index (κ2) is 7.68. The van der Waals surface area contributed by atoms with Crippen molar-refractivity contribution in [1.82, 2.24) is 19.8 Å². The number of piperidine rings is 1. The van der Waals surface area contributed by atoms with Gasteiger partial charge < -0.3 is 10.2 Å². The minimum Gasteiger partial charge on any atom is -0.351 e. The fourth-order valence-electron chi connectivity index (χ4n) is 3.15. The minimum absolute atomic E-state index is 0.000697. The third kappa shape index (κ3) is 3.92. The highest BCUT2D eigenvalue weighted by Gasteiger charge is 2.25. The molecule has 0 aliphatic carbocycles. The topological polar surface area (TPSA) is 84.3 Å². The van der Waals surface area contributed by atoms with Crippen LogP contribution in [-0.2, 0) is 16.1 Å². The number of fused-ring (bicyclic) bond motifs is 1. The van der Waals surface area contributed by atoms with Gasteiger partial charge in [-0.1, -0.05) is 26.0 Å². The highest BCUT2D eigenvalue weighted by Crippen LogP contribution is 2.12.